The Hall–Kier alpha value is -1.62. The van der Waals surface area contributed by atoms with Crippen LogP contribution in [0.25, 0.3) is 11.3 Å². The maximum atomic E-state index is 12.6. The third kappa shape index (κ3) is 4.02. The molecule has 0 atom stereocenters. The van der Waals surface area contributed by atoms with Crippen molar-refractivity contribution in [3.8, 4) is 11.3 Å². The number of hydrogen-bond acceptors (Lipinski definition) is 4. The molecule has 4 nitrogen and oxygen atoms in total. The van der Waals surface area contributed by atoms with Crippen LogP contribution < -0.4 is 0 Å². The van der Waals surface area contributed by atoms with Crippen LogP contribution in [0.1, 0.15) is 44.2 Å². The lowest BCUT2D eigenvalue weighted by Crippen LogP contribution is -2.16. The molecular weight excluding hydrogens is 310 g/mol. The van der Waals surface area contributed by atoms with E-state index in [1.54, 1.807) is 24.3 Å². The van der Waals surface area contributed by atoms with Crippen molar-refractivity contribution in [2.24, 2.45) is 5.92 Å². The molecule has 0 N–H and O–H groups in total. The van der Waals surface area contributed by atoms with Crippen LogP contribution in [-0.2, 0) is 9.84 Å². The smallest absolute Gasteiger partial charge is 0.178 e. The molecule has 0 saturated heterocycles. The van der Waals surface area contributed by atoms with Gasteiger partial charge in [0.1, 0.15) is 0 Å². The van der Waals surface area contributed by atoms with Crippen molar-refractivity contribution < 1.29 is 12.9 Å². The molecule has 3 rings (SSSR count). The Bertz CT molecular complexity index is 739. The largest absolute Gasteiger partial charge is 0.356 e. The summed E-state index contributed by atoms with van der Waals surface area (Å²) in [5.74, 6) is 1.24. The molecule has 1 aromatic carbocycles. The molecule has 1 fully saturated rings. The van der Waals surface area contributed by atoms with Gasteiger partial charge in [-0.15, -0.1) is 0 Å². The highest BCUT2D eigenvalue weighted by Crippen LogP contribution is 2.27. The minimum absolute atomic E-state index is 0.272. The maximum Gasteiger partial charge on any atom is 0.178 e. The maximum absolute atomic E-state index is 12.6. The predicted molar refractivity (Wildman–Crippen MR) is 89.9 cm³/mol. The Balaban J connectivity index is 1.74. The lowest BCUT2D eigenvalue weighted by Gasteiger charge is -2.14. The van der Waals surface area contributed by atoms with Crippen LogP contribution >= 0.6 is 0 Å². The van der Waals surface area contributed by atoms with Crippen molar-refractivity contribution >= 4 is 9.84 Å². The molecule has 2 aromatic rings. The standard InChI is InChI=1S/C18H23NO3S/c1-14-12-18(22-19-14)16-8-10-17(11-9-16)23(20,21)13-15-6-4-2-3-5-7-15/h8-12,15H,2-7,13H2,1H3. The summed E-state index contributed by atoms with van der Waals surface area (Å²) >= 11 is 0. The van der Waals surface area contributed by atoms with Gasteiger partial charge in [0.2, 0.25) is 0 Å². The van der Waals surface area contributed by atoms with Crippen LogP contribution in [0.5, 0.6) is 0 Å². The minimum Gasteiger partial charge on any atom is -0.356 e. The van der Waals surface area contributed by atoms with Gasteiger partial charge in [0.15, 0.2) is 15.6 Å². The Labute approximate surface area is 137 Å². The fourth-order valence-electron chi connectivity index (χ4n) is 3.26. The van der Waals surface area contributed by atoms with E-state index in [1.165, 1.54) is 12.8 Å². The third-order valence-corrected chi connectivity index (χ3v) is 6.46. The molecule has 0 bridgehead atoms. The Morgan fingerprint density at radius 3 is 2.30 bits per heavy atom. The summed E-state index contributed by atoms with van der Waals surface area (Å²) in [6.45, 7) is 1.86. The van der Waals surface area contributed by atoms with E-state index < -0.39 is 9.84 Å². The van der Waals surface area contributed by atoms with Gasteiger partial charge in [-0.25, -0.2) is 8.42 Å². The van der Waals surface area contributed by atoms with Gasteiger partial charge in [-0.3, -0.25) is 0 Å². The second kappa shape index (κ2) is 6.87. The van der Waals surface area contributed by atoms with Crippen LogP contribution in [0, 0.1) is 12.8 Å². The molecule has 0 spiro atoms. The summed E-state index contributed by atoms with van der Waals surface area (Å²) < 4.78 is 30.5. The first-order chi connectivity index (χ1) is 11.0. The van der Waals surface area contributed by atoms with Crippen LogP contribution in [0.3, 0.4) is 0 Å². The van der Waals surface area contributed by atoms with Gasteiger partial charge in [-0.1, -0.05) is 30.8 Å². The van der Waals surface area contributed by atoms with Crippen LogP contribution in [0.4, 0.5) is 0 Å². The molecule has 0 radical (unpaired) electrons. The summed E-state index contributed by atoms with van der Waals surface area (Å²) in [6, 6.07) is 8.79. The minimum atomic E-state index is -3.22. The van der Waals surface area contributed by atoms with E-state index in [4.69, 9.17) is 4.52 Å². The number of benzene rings is 1. The highest BCUT2D eigenvalue weighted by Gasteiger charge is 2.22. The molecule has 1 aromatic heterocycles. The lowest BCUT2D eigenvalue weighted by molar-refractivity contribution is 0.427. The van der Waals surface area contributed by atoms with Crippen molar-refractivity contribution in [3.63, 3.8) is 0 Å². The number of sulfone groups is 1. The summed E-state index contributed by atoms with van der Waals surface area (Å²) in [5.41, 5.74) is 1.66. The number of aryl methyl sites for hydroxylation is 1. The first-order valence-electron chi connectivity index (χ1n) is 8.31. The fourth-order valence-corrected chi connectivity index (χ4v) is 4.96. The zero-order valence-corrected chi connectivity index (χ0v) is 14.3. The summed E-state index contributed by atoms with van der Waals surface area (Å²) in [4.78, 5) is 0.404. The van der Waals surface area contributed by atoms with Crippen molar-refractivity contribution in [2.45, 2.75) is 50.3 Å². The van der Waals surface area contributed by atoms with Crippen LogP contribution in [0.15, 0.2) is 39.8 Å². The number of rotatable bonds is 4. The molecule has 1 aliphatic rings. The third-order valence-electron chi connectivity index (χ3n) is 4.56. The number of aromatic nitrogens is 1. The Morgan fingerprint density at radius 2 is 1.74 bits per heavy atom. The quantitative estimate of drug-likeness (QED) is 0.778. The molecule has 5 heteroatoms. The Morgan fingerprint density at radius 1 is 1.09 bits per heavy atom. The normalized spacial score (nSPS) is 17.1. The molecule has 0 aliphatic heterocycles. The van der Waals surface area contributed by atoms with Crippen LogP contribution in [0.2, 0.25) is 0 Å². The second-order valence-corrected chi connectivity index (χ2v) is 8.53. The molecule has 1 saturated carbocycles. The van der Waals surface area contributed by atoms with Gasteiger partial charge in [-0.05, 0) is 49.9 Å². The van der Waals surface area contributed by atoms with Gasteiger partial charge in [-0.2, -0.15) is 0 Å². The molecule has 124 valence electrons. The Kier molecular flexibility index (Phi) is 4.85. The van der Waals surface area contributed by atoms with E-state index in [1.807, 2.05) is 13.0 Å². The van der Waals surface area contributed by atoms with E-state index in [2.05, 4.69) is 5.16 Å². The molecular formula is C18H23NO3S. The summed E-state index contributed by atoms with van der Waals surface area (Å²) in [5, 5.41) is 3.86. The number of hydrogen-bond donors (Lipinski definition) is 0. The van der Waals surface area contributed by atoms with Crippen molar-refractivity contribution in [2.75, 3.05) is 5.75 Å². The molecule has 0 unspecified atom stereocenters. The van der Waals surface area contributed by atoms with Gasteiger partial charge in [0.05, 0.1) is 16.3 Å². The van der Waals surface area contributed by atoms with E-state index in [9.17, 15) is 8.42 Å². The van der Waals surface area contributed by atoms with Crippen molar-refractivity contribution in [1.82, 2.24) is 5.16 Å². The van der Waals surface area contributed by atoms with Gasteiger partial charge in [0, 0.05) is 11.6 Å². The van der Waals surface area contributed by atoms with Crippen molar-refractivity contribution in [3.05, 3.63) is 36.0 Å². The molecule has 1 heterocycles. The summed E-state index contributed by atoms with van der Waals surface area (Å²) in [6.07, 6.45) is 6.86. The lowest BCUT2D eigenvalue weighted by atomic mass is 10.0. The highest BCUT2D eigenvalue weighted by atomic mass is 32.2. The zero-order chi connectivity index (χ0) is 16.3. The van der Waals surface area contributed by atoms with E-state index in [0.717, 1.165) is 36.9 Å². The highest BCUT2D eigenvalue weighted by molar-refractivity contribution is 7.91. The topological polar surface area (TPSA) is 60.2 Å². The average Bonchev–Trinajstić information content (AvgIpc) is 2.81. The van der Waals surface area contributed by atoms with Gasteiger partial charge >= 0.3 is 0 Å². The molecule has 1 aliphatic carbocycles. The summed E-state index contributed by atoms with van der Waals surface area (Å²) in [7, 11) is -3.22. The van der Waals surface area contributed by atoms with E-state index in [0.29, 0.717) is 16.6 Å². The van der Waals surface area contributed by atoms with Gasteiger partial charge < -0.3 is 4.52 Å². The predicted octanol–water partition coefficient (Wildman–Crippen LogP) is 4.39. The monoisotopic (exact) mass is 333 g/mol. The molecule has 0 amide bonds. The number of nitrogens with zero attached hydrogens (tertiary/aromatic N) is 1. The second-order valence-electron chi connectivity index (χ2n) is 6.50. The molecule has 23 heavy (non-hydrogen) atoms. The SMILES string of the molecule is Cc1cc(-c2ccc(S(=O)(=O)CC3CCCCCC3)cc2)on1. The first-order valence-corrected chi connectivity index (χ1v) is 9.96. The van der Waals surface area contributed by atoms with Crippen molar-refractivity contribution in [1.29, 1.82) is 0 Å². The first kappa shape index (κ1) is 16.2. The zero-order valence-electron chi connectivity index (χ0n) is 13.5. The van der Waals surface area contributed by atoms with E-state index in [-0.39, 0.29) is 5.75 Å². The van der Waals surface area contributed by atoms with E-state index >= 15 is 0 Å². The van der Waals surface area contributed by atoms with Crippen LogP contribution in [-0.4, -0.2) is 19.3 Å². The average molecular weight is 333 g/mol. The fraction of sp³-hybridized carbons (Fsp3) is 0.500. The van der Waals surface area contributed by atoms with Gasteiger partial charge in [0.25, 0.3) is 0 Å².